The van der Waals surface area contributed by atoms with E-state index in [0.29, 0.717) is 11.8 Å². The largest absolute Gasteiger partial charge is 0.0587 e. The van der Waals surface area contributed by atoms with Crippen molar-refractivity contribution in [3.05, 3.63) is 33.3 Å². The lowest BCUT2D eigenvalue weighted by Gasteiger charge is -2.30. The molecule has 0 amide bonds. The van der Waals surface area contributed by atoms with Gasteiger partial charge < -0.3 is 0 Å². The fraction of sp³-hybridized carbons (Fsp3) is 0.625. The van der Waals surface area contributed by atoms with Crippen molar-refractivity contribution in [2.24, 2.45) is 0 Å². The second-order valence-corrected chi connectivity index (χ2v) is 7.43. The monoisotopic (exact) mass is 296 g/mol. The molecule has 1 heteroatoms. The molecule has 0 aliphatic heterocycles. The third kappa shape index (κ3) is 3.34. The SMILES string of the molecule is CC(C)c1cc(Br)cc(C(C)C)c1C(C)(C)C. The molecule has 0 aromatic heterocycles. The molecule has 96 valence electrons. The van der Waals surface area contributed by atoms with Crippen LogP contribution in [0.1, 0.15) is 77.0 Å². The number of benzene rings is 1. The summed E-state index contributed by atoms with van der Waals surface area (Å²) < 4.78 is 1.21. The van der Waals surface area contributed by atoms with Gasteiger partial charge in [-0.3, -0.25) is 0 Å². The van der Waals surface area contributed by atoms with Crippen LogP contribution in [0.4, 0.5) is 0 Å². The number of hydrogen-bond donors (Lipinski definition) is 0. The van der Waals surface area contributed by atoms with Crippen molar-refractivity contribution in [2.75, 3.05) is 0 Å². The van der Waals surface area contributed by atoms with E-state index in [4.69, 9.17) is 0 Å². The van der Waals surface area contributed by atoms with Gasteiger partial charge in [0.2, 0.25) is 0 Å². The van der Waals surface area contributed by atoms with Gasteiger partial charge in [0.1, 0.15) is 0 Å². The molecule has 1 aromatic rings. The Kier molecular flexibility index (Phi) is 4.46. The predicted molar refractivity (Wildman–Crippen MR) is 81.0 cm³/mol. The summed E-state index contributed by atoms with van der Waals surface area (Å²) in [7, 11) is 0. The molecule has 0 radical (unpaired) electrons. The molecular formula is C16H25Br. The summed E-state index contributed by atoms with van der Waals surface area (Å²) in [5.74, 6) is 1.14. The highest BCUT2D eigenvalue weighted by atomic mass is 79.9. The van der Waals surface area contributed by atoms with E-state index >= 15 is 0 Å². The molecule has 0 N–H and O–H groups in total. The third-order valence-electron chi connectivity index (χ3n) is 3.16. The summed E-state index contributed by atoms with van der Waals surface area (Å²) in [5.41, 5.74) is 4.71. The molecule has 0 bridgehead atoms. The lowest BCUT2D eigenvalue weighted by molar-refractivity contribution is 0.563. The minimum Gasteiger partial charge on any atom is -0.0587 e. The molecule has 0 nitrogen and oxygen atoms in total. The van der Waals surface area contributed by atoms with Crippen LogP contribution in [-0.4, -0.2) is 0 Å². The van der Waals surface area contributed by atoms with Crippen LogP contribution in [-0.2, 0) is 5.41 Å². The Morgan fingerprint density at radius 2 is 1.24 bits per heavy atom. The van der Waals surface area contributed by atoms with E-state index in [1.807, 2.05) is 0 Å². The predicted octanol–water partition coefficient (Wildman–Crippen LogP) is 5.99. The summed E-state index contributed by atoms with van der Waals surface area (Å²) in [6, 6.07) is 4.58. The Balaban J connectivity index is 3.60. The third-order valence-corrected chi connectivity index (χ3v) is 3.62. The molecule has 1 aromatic carbocycles. The molecule has 0 aliphatic rings. The van der Waals surface area contributed by atoms with E-state index in [0.717, 1.165) is 0 Å². The van der Waals surface area contributed by atoms with E-state index in [-0.39, 0.29) is 5.41 Å². The zero-order valence-corrected chi connectivity index (χ0v) is 13.8. The van der Waals surface area contributed by atoms with E-state index < -0.39 is 0 Å². The average molecular weight is 297 g/mol. The van der Waals surface area contributed by atoms with Gasteiger partial charge in [-0.25, -0.2) is 0 Å². The van der Waals surface area contributed by atoms with Crippen molar-refractivity contribution in [1.82, 2.24) is 0 Å². The van der Waals surface area contributed by atoms with Crippen LogP contribution in [0.5, 0.6) is 0 Å². The number of halogens is 1. The summed E-state index contributed by atoms with van der Waals surface area (Å²) in [6.07, 6.45) is 0. The van der Waals surface area contributed by atoms with Gasteiger partial charge in [0.15, 0.2) is 0 Å². The first-order valence-corrected chi connectivity index (χ1v) is 7.27. The van der Waals surface area contributed by atoms with Gasteiger partial charge in [-0.05, 0) is 46.1 Å². The zero-order valence-electron chi connectivity index (χ0n) is 12.2. The van der Waals surface area contributed by atoms with Gasteiger partial charge in [-0.1, -0.05) is 64.4 Å². The molecule has 0 saturated carbocycles. The van der Waals surface area contributed by atoms with Crippen LogP contribution in [0.3, 0.4) is 0 Å². The minimum absolute atomic E-state index is 0.208. The fourth-order valence-corrected chi connectivity index (χ4v) is 2.92. The summed E-state index contributed by atoms with van der Waals surface area (Å²) in [6.45, 7) is 16.1. The Morgan fingerprint density at radius 3 is 1.47 bits per heavy atom. The maximum absolute atomic E-state index is 3.65. The average Bonchev–Trinajstić information content (AvgIpc) is 2.14. The van der Waals surface area contributed by atoms with Crippen LogP contribution in [0.15, 0.2) is 16.6 Å². The van der Waals surface area contributed by atoms with Gasteiger partial charge in [-0.15, -0.1) is 0 Å². The van der Waals surface area contributed by atoms with Crippen LogP contribution in [0.25, 0.3) is 0 Å². The maximum atomic E-state index is 3.65. The van der Waals surface area contributed by atoms with E-state index in [1.165, 1.54) is 21.2 Å². The van der Waals surface area contributed by atoms with Crippen molar-refractivity contribution in [3.63, 3.8) is 0 Å². The van der Waals surface area contributed by atoms with E-state index in [1.54, 1.807) is 0 Å². The van der Waals surface area contributed by atoms with Gasteiger partial charge >= 0.3 is 0 Å². The highest BCUT2D eigenvalue weighted by molar-refractivity contribution is 9.10. The van der Waals surface area contributed by atoms with Crippen LogP contribution in [0.2, 0.25) is 0 Å². The second kappa shape index (κ2) is 5.14. The molecule has 1 rings (SSSR count). The minimum atomic E-state index is 0.208. The molecule has 0 saturated heterocycles. The van der Waals surface area contributed by atoms with Gasteiger partial charge in [-0.2, -0.15) is 0 Å². The number of hydrogen-bond acceptors (Lipinski definition) is 0. The van der Waals surface area contributed by atoms with Crippen molar-refractivity contribution < 1.29 is 0 Å². The zero-order chi connectivity index (χ0) is 13.4. The molecule has 0 heterocycles. The number of rotatable bonds is 2. The smallest absolute Gasteiger partial charge is 0.0181 e. The van der Waals surface area contributed by atoms with E-state index in [2.05, 4.69) is 76.5 Å². The Labute approximate surface area is 115 Å². The van der Waals surface area contributed by atoms with Gasteiger partial charge in [0, 0.05) is 4.47 Å². The van der Waals surface area contributed by atoms with Crippen LogP contribution < -0.4 is 0 Å². The molecule has 17 heavy (non-hydrogen) atoms. The molecular weight excluding hydrogens is 272 g/mol. The Hall–Kier alpha value is -0.300. The fourth-order valence-electron chi connectivity index (χ4n) is 2.43. The van der Waals surface area contributed by atoms with Crippen molar-refractivity contribution in [1.29, 1.82) is 0 Å². The topological polar surface area (TPSA) is 0 Å². The Morgan fingerprint density at radius 1 is 0.882 bits per heavy atom. The van der Waals surface area contributed by atoms with E-state index in [9.17, 15) is 0 Å². The first-order valence-electron chi connectivity index (χ1n) is 6.48. The van der Waals surface area contributed by atoms with Gasteiger partial charge in [0.25, 0.3) is 0 Å². The highest BCUT2D eigenvalue weighted by Crippen LogP contribution is 2.38. The normalized spacial score (nSPS) is 12.6. The molecule has 0 unspecified atom stereocenters. The van der Waals surface area contributed by atoms with Gasteiger partial charge in [0.05, 0.1) is 0 Å². The lowest BCUT2D eigenvalue weighted by atomic mass is 9.75. The molecule has 0 spiro atoms. The summed E-state index contributed by atoms with van der Waals surface area (Å²) in [4.78, 5) is 0. The first-order chi connectivity index (χ1) is 7.64. The standard InChI is InChI=1S/C16H25Br/c1-10(2)13-8-12(17)9-14(11(3)4)15(13)16(5,6)7/h8-11H,1-7H3. The van der Waals surface area contributed by atoms with Crippen molar-refractivity contribution in [3.8, 4) is 0 Å². The maximum Gasteiger partial charge on any atom is 0.0181 e. The Bertz CT molecular complexity index is 365. The highest BCUT2D eigenvalue weighted by Gasteiger charge is 2.24. The second-order valence-electron chi connectivity index (χ2n) is 6.52. The van der Waals surface area contributed by atoms with Crippen LogP contribution >= 0.6 is 15.9 Å². The summed E-state index contributed by atoms with van der Waals surface area (Å²) >= 11 is 3.65. The first kappa shape index (κ1) is 14.8. The molecule has 0 aliphatic carbocycles. The van der Waals surface area contributed by atoms with Crippen molar-refractivity contribution in [2.45, 2.75) is 65.7 Å². The molecule has 0 fully saturated rings. The van der Waals surface area contributed by atoms with Crippen molar-refractivity contribution >= 4 is 15.9 Å². The lowest BCUT2D eigenvalue weighted by Crippen LogP contribution is -2.19. The molecule has 0 atom stereocenters. The van der Waals surface area contributed by atoms with Crippen LogP contribution in [0, 0.1) is 0 Å². The quantitative estimate of drug-likeness (QED) is 0.628. The summed E-state index contributed by atoms with van der Waals surface area (Å²) in [5, 5.41) is 0.